The molecule has 10 heavy (non-hydrogen) atoms. The second kappa shape index (κ2) is 2.52. The summed E-state index contributed by atoms with van der Waals surface area (Å²) in [6.07, 6.45) is 0. The third-order valence-corrected chi connectivity index (χ3v) is 1.27. The lowest BCUT2D eigenvalue weighted by Gasteiger charge is -1.93. The van der Waals surface area contributed by atoms with E-state index in [2.05, 4.69) is 0 Å². The minimum absolute atomic E-state index is 0.0139. The van der Waals surface area contributed by atoms with Gasteiger partial charge in [0.25, 0.3) is 0 Å². The van der Waals surface area contributed by atoms with Crippen molar-refractivity contribution < 1.29 is 9.90 Å². The Morgan fingerprint density at radius 2 is 1.80 bits per heavy atom. The second-order valence-corrected chi connectivity index (χ2v) is 2.10. The van der Waals surface area contributed by atoms with Gasteiger partial charge in [0.05, 0.1) is 0 Å². The summed E-state index contributed by atoms with van der Waals surface area (Å²) in [6.45, 7) is 1.49. The average Bonchev–Trinajstić information content (AvgIpc) is 1.88. The molecule has 0 radical (unpaired) electrons. The van der Waals surface area contributed by atoms with E-state index in [9.17, 15) is 4.79 Å². The molecule has 0 aliphatic heterocycles. The van der Waals surface area contributed by atoms with Crippen LogP contribution in [-0.4, -0.2) is 10.9 Å². The highest BCUT2D eigenvalue weighted by Crippen LogP contribution is 2.09. The van der Waals surface area contributed by atoms with Crippen molar-refractivity contribution in [2.45, 2.75) is 6.92 Å². The van der Waals surface area contributed by atoms with Crippen LogP contribution in [0.25, 0.3) is 0 Å². The van der Waals surface area contributed by atoms with Crippen molar-refractivity contribution in [1.82, 2.24) is 0 Å². The van der Waals surface area contributed by atoms with Gasteiger partial charge in [-0.3, -0.25) is 4.79 Å². The molecule has 0 aliphatic carbocycles. The molecule has 0 fully saturated rings. The topological polar surface area (TPSA) is 37.3 Å². The zero-order valence-corrected chi connectivity index (χ0v) is 5.66. The summed E-state index contributed by atoms with van der Waals surface area (Å²) in [6, 6.07) is 6.18. The normalized spacial score (nSPS) is 9.30. The Hall–Kier alpha value is -1.31. The lowest BCUT2D eigenvalue weighted by Crippen LogP contribution is -1.89. The zero-order chi connectivity index (χ0) is 7.56. The van der Waals surface area contributed by atoms with Crippen molar-refractivity contribution in [1.29, 1.82) is 0 Å². The summed E-state index contributed by atoms with van der Waals surface area (Å²) in [4.78, 5) is 10.7. The Bertz CT molecular complexity index is 236. The fourth-order valence-corrected chi connectivity index (χ4v) is 0.696. The fourth-order valence-electron chi connectivity index (χ4n) is 0.696. The monoisotopic (exact) mass is 135 g/mol. The van der Waals surface area contributed by atoms with E-state index in [1.807, 2.05) is 0 Å². The van der Waals surface area contributed by atoms with Gasteiger partial charge in [-0.25, -0.2) is 0 Å². The summed E-state index contributed by atoms with van der Waals surface area (Å²) in [5.74, 6) is 0.199. The molecule has 52 valence electrons. The molecule has 1 aromatic rings. The molecule has 2 heteroatoms. The first kappa shape index (κ1) is 6.81. The third-order valence-electron chi connectivity index (χ3n) is 1.27. The van der Waals surface area contributed by atoms with Crippen LogP contribution in [0.4, 0.5) is 0 Å². The lowest BCUT2D eigenvalue weighted by molar-refractivity contribution is 0.101. The van der Waals surface area contributed by atoms with E-state index in [1.54, 1.807) is 12.1 Å². The van der Waals surface area contributed by atoms with Crippen LogP contribution >= 0.6 is 0 Å². The van der Waals surface area contributed by atoms with Crippen molar-refractivity contribution in [3.05, 3.63) is 29.8 Å². The highest BCUT2D eigenvalue weighted by molar-refractivity contribution is 5.94. The molecule has 0 aromatic heterocycles. The summed E-state index contributed by atoms with van der Waals surface area (Å²) in [7, 11) is 0. The summed E-state index contributed by atoms with van der Waals surface area (Å²) in [5.41, 5.74) is 0.623. The van der Waals surface area contributed by atoms with Crippen molar-refractivity contribution in [3.8, 4) is 5.75 Å². The van der Waals surface area contributed by atoms with Gasteiger partial charge in [0.1, 0.15) is 5.75 Å². The molecule has 0 amide bonds. The van der Waals surface area contributed by atoms with Gasteiger partial charge in [-0.2, -0.15) is 0 Å². The molecular formula is C8H8O2. The van der Waals surface area contributed by atoms with Gasteiger partial charge in [0, 0.05) is 5.56 Å². The number of Topliss-reactive ketones (excluding diaryl/α,β-unsaturated/α-hetero) is 1. The van der Waals surface area contributed by atoms with Gasteiger partial charge in [-0.1, -0.05) is 0 Å². The fraction of sp³-hybridized carbons (Fsp3) is 0.125. The highest BCUT2D eigenvalue weighted by Gasteiger charge is 1.96. The number of rotatable bonds is 1. The first-order valence-corrected chi connectivity index (χ1v) is 3.00. The van der Waals surface area contributed by atoms with Gasteiger partial charge in [-0.15, -0.1) is 0 Å². The largest absolute Gasteiger partial charge is 0.508 e. The average molecular weight is 135 g/mol. The van der Waals surface area contributed by atoms with Gasteiger partial charge in [0.2, 0.25) is 0 Å². The maximum Gasteiger partial charge on any atom is 0.159 e. The summed E-state index contributed by atoms with van der Waals surface area (Å²) in [5, 5.41) is 8.83. The molecule has 0 spiro atoms. The number of phenolic OH excluding ortho intramolecular Hbond substituents is 1. The number of ketones is 1. The van der Waals surface area contributed by atoms with Gasteiger partial charge in [-0.05, 0) is 31.2 Å². The van der Waals surface area contributed by atoms with E-state index >= 15 is 0 Å². The van der Waals surface area contributed by atoms with Crippen molar-refractivity contribution in [2.75, 3.05) is 0 Å². The molecule has 0 heterocycles. The second-order valence-electron chi connectivity index (χ2n) is 2.10. The lowest BCUT2D eigenvalue weighted by atomic mass is 9.80. The Morgan fingerprint density at radius 1 is 1.30 bits per heavy atom. The first-order valence-electron chi connectivity index (χ1n) is 3.00. The molecule has 1 N–H and O–H groups in total. The van der Waals surface area contributed by atoms with Gasteiger partial charge >= 0.3 is 0 Å². The Morgan fingerprint density at radius 3 is 2.20 bits per heavy atom. The summed E-state index contributed by atoms with van der Waals surface area (Å²) >= 11 is 0. The van der Waals surface area contributed by atoms with Crippen LogP contribution in [-0.2, 0) is 0 Å². The molecular weight excluding hydrogens is 127 g/mol. The number of hydrogen-bond donors (Lipinski definition) is 1. The number of benzene rings is 1. The Balaban J connectivity index is 3.00. The van der Waals surface area contributed by atoms with Crippen LogP contribution in [0.3, 0.4) is 0 Å². The van der Waals surface area contributed by atoms with Crippen LogP contribution < -0.4 is 0 Å². The van der Waals surface area contributed by atoms with E-state index in [-0.39, 0.29) is 11.5 Å². The smallest absolute Gasteiger partial charge is 0.159 e. The predicted octanol–water partition coefficient (Wildman–Crippen LogP) is 1.59. The number of hydrogen-bond acceptors (Lipinski definition) is 2. The molecule has 1 rings (SSSR count). The molecule has 1 aromatic carbocycles. The zero-order valence-electron chi connectivity index (χ0n) is 5.66. The molecule has 0 bridgehead atoms. The molecule has 0 atom stereocenters. The number of phenols is 1. The van der Waals surface area contributed by atoms with Crippen LogP contribution in [0.2, 0.25) is 0 Å². The number of carbonyl (C=O) groups excluding carboxylic acids is 1. The minimum Gasteiger partial charge on any atom is -0.508 e. The first-order chi connectivity index (χ1) is 4.70. The molecule has 2 nitrogen and oxygen atoms in total. The predicted molar refractivity (Wildman–Crippen MR) is 38.1 cm³/mol. The quantitative estimate of drug-likeness (QED) is 0.594. The maximum absolute atomic E-state index is 10.7. The van der Waals surface area contributed by atoms with Crippen molar-refractivity contribution >= 4 is 5.78 Å². The molecule has 0 aliphatic rings. The third kappa shape index (κ3) is 1.35. The number of aromatic hydroxyl groups is 1. The van der Waals surface area contributed by atoms with Gasteiger partial charge in [0.15, 0.2) is 5.78 Å². The van der Waals surface area contributed by atoms with Crippen molar-refractivity contribution in [3.63, 3.8) is 0 Å². The molecule has 0 saturated heterocycles. The van der Waals surface area contributed by atoms with E-state index in [4.69, 9.17) is 5.11 Å². The van der Waals surface area contributed by atoms with Crippen LogP contribution in [0.5, 0.6) is 5.75 Å². The summed E-state index contributed by atoms with van der Waals surface area (Å²) < 4.78 is 0. The SMILES string of the molecule is C[11C](=O)c1ccc(O)cc1. The van der Waals surface area contributed by atoms with E-state index in [0.29, 0.717) is 5.56 Å². The van der Waals surface area contributed by atoms with Gasteiger partial charge < -0.3 is 5.11 Å². The Labute approximate surface area is 59.1 Å². The minimum atomic E-state index is 0.0139. The number of carbonyl (C=O) groups is 1. The standard InChI is InChI=1S/C8H8O2/c1-6(9)7-2-4-8(10)5-3-7/h2-5,10H,1H3/i6-1. The molecule has 0 saturated carbocycles. The van der Waals surface area contributed by atoms with E-state index < -0.39 is 0 Å². The Kier molecular flexibility index (Phi) is 1.71. The highest BCUT2D eigenvalue weighted by atomic mass is 16.3. The van der Waals surface area contributed by atoms with Crippen LogP contribution in [0.1, 0.15) is 17.3 Å². The van der Waals surface area contributed by atoms with Crippen LogP contribution in [0.15, 0.2) is 24.3 Å². The van der Waals surface area contributed by atoms with Crippen molar-refractivity contribution in [2.24, 2.45) is 0 Å². The van der Waals surface area contributed by atoms with E-state index in [1.165, 1.54) is 19.1 Å². The molecule has 0 unspecified atom stereocenters. The van der Waals surface area contributed by atoms with Crippen LogP contribution in [0, 0.1) is 0 Å². The van der Waals surface area contributed by atoms with E-state index in [0.717, 1.165) is 0 Å². The maximum atomic E-state index is 10.7.